The highest BCUT2D eigenvalue weighted by atomic mass is 16.5. The molecule has 0 N–H and O–H groups in total. The fourth-order valence-electron chi connectivity index (χ4n) is 3.31. The first-order valence-corrected chi connectivity index (χ1v) is 9.74. The van der Waals surface area contributed by atoms with Crippen LogP contribution in [0.15, 0.2) is 57.5 Å². The number of nitrogens with zero attached hydrogens (tertiary/aromatic N) is 2. The van der Waals surface area contributed by atoms with Crippen LogP contribution in [0.5, 0.6) is 0 Å². The van der Waals surface area contributed by atoms with Crippen LogP contribution in [0.3, 0.4) is 0 Å². The molecule has 31 heavy (non-hydrogen) atoms. The topological polar surface area (TPSA) is 101 Å². The molecule has 1 aliphatic heterocycles. The minimum Gasteiger partial charge on any atom is -0.465 e. The van der Waals surface area contributed by atoms with Crippen LogP contribution in [-0.4, -0.2) is 36.3 Å². The van der Waals surface area contributed by atoms with Crippen LogP contribution in [-0.2, 0) is 14.3 Å². The maximum absolute atomic E-state index is 13.0. The number of amides is 2. The Morgan fingerprint density at radius 1 is 1.23 bits per heavy atom. The monoisotopic (exact) mass is 418 g/mol. The molecule has 0 radical (unpaired) electrons. The average molecular weight is 418 g/mol. The number of benzene rings is 1. The summed E-state index contributed by atoms with van der Waals surface area (Å²) in [6, 6.07) is 12.1. The maximum Gasteiger partial charge on any atom is 0.337 e. The fraction of sp³-hybridized carbons (Fsp3) is 0.250. The quantitative estimate of drug-likeness (QED) is 0.414. The van der Waals surface area contributed by atoms with Crippen LogP contribution >= 0.6 is 0 Å². The van der Waals surface area contributed by atoms with Gasteiger partial charge in [-0.05, 0) is 48.8 Å². The number of imide groups is 1. The molecule has 7 nitrogen and oxygen atoms in total. The lowest BCUT2D eigenvalue weighted by Gasteiger charge is -2.28. The van der Waals surface area contributed by atoms with Gasteiger partial charge in [0.15, 0.2) is 0 Å². The summed E-state index contributed by atoms with van der Waals surface area (Å²) in [5.41, 5.74) is 1.57. The van der Waals surface area contributed by atoms with E-state index in [1.54, 1.807) is 43.3 Å². The molecular weight excluding hydrogens is 396 g/mol. The Balaban J connectivity index is 2.00. The Labute approximate surface area is 180 Å². The van der Waals surface area contributed by atoms with E-state index in [9.17, 15) is 19.6 Å². The number of carbonyl (C=O) groups excluding carboxylic acids is 3. The summed E-state index contributed by atoms with van der Waals surface area (Å²) in [5.74, 6) is -0.542. The molecule has 0 saturated carbocycles. The second-order valence-corrected chi connectivity index (χ2v) is 7.56. The summed E-state index contributed by atoms with van der Waals surface area (Å²) in [5, 5.41) is 9.44. The summed E-state index contributed by atoms with van der Waals surface area (Å²) in [4.78, 5) is 38.4. The highest BCUT2D eigenvalue weighted by molar-refractivity contribution is 6.19. The number of hydrogen-bond acceptors (Lipinski definition) is 6. The predicted octanol–water partition coefficient (Wildman–Crippen LogP) is 3.98. The molecule has 0 unspecified atom stereocenters. The molecule has 1 aromatic heterocycles. The zero-order valence-corrected chi connectivity index (χ0v) is 17.8. The standard InChI is InChI=1S/C24H22N2O5/c1-14(2)13-26-22(27)19(15(3)20(12-25)23(26)28)11-18-8-9-21(31-18)16-6-5-7-17(10-16)24(29)30-4/h5-11,14H,13H2,1-4H3/b19-11+. The van der Waals surface area contributed by atoms with Gasteiger partial charge in [-0.1, -0.05) is 26.0 Å². The highest BCUT2D eigenvalue weighted by Gasteiger charge is 2.35. The highest BCUT2D eigenvalue weighted by Crippen LogP contribution is 2.30. The van der Waals surface area contributed by atoms with Gasteiger partial charge in [-0.15, -0.1) is 0 Å². The molecule has 0 atom stereocenters. The number of nitriles is 1. The van der Waals surface area contributed by atoms with Crippen LogP contribution < -0.4 is 0 Å². The SMILES string of the molecule is COC(=O)c1cccc(-c2ccc(/C=C3/C(=O)N(CC(C)C)C(=O)C(C#N)=C3C)o2)c1. The van der Waals surface area contributed by atoms with Gasteiger partial charge in [-0.25, -0.2) is 4.79 Å². The van der Waals surface area contributed by atoms with Crippen molar-refractivity contribution in [3.8, 4) is 17.4 Å². The molecule has 158 valence electrons. The second-order valence-electron chi connectivity index (χ2n) is 7.56. The summed E-state index contributed by atoms with van der Waals surface area (Å²) in [7, 11) is 1.31. The van der Waals surface area contributed by atoms with Gasteiger partial charge in [0, 0.05) is 17.7 Å². The molecule has 0 saturated heterocycles. The molecule has 0 fully saturated rings. The van der Waals surface area contributed by atoms with E-state index in [0.717, 1.165) is 4.90 Å². The smallest absolute Gasteiger partial charge is 0.337 e. The fourth-order valence-corrected chi connectivity index (χ4v) is 3.31. The number of hydrogen-bond donors (Lipinski definition) is 0. The van der Waals surface area contributed by atoms with Crippen molar-refractivity contribution in [2.75, 3.05) is 13.7 Å². The van der Waals surface area contributed by atoms with E-state index in [0.29, 0.717) is 28.2 Å². The lowest BCUT2D eigenvalue weighted by Crippen LogP contribution is -2.44. The summed E-state index contributed by atoms with van der Waals surface area (Å²) in [6.07, 6.45) is 1.53. The van der Waals surface area contributed by atoms with Gasteiger partial charge in [0.1, 0.15) is 23.2 Å². The van der Waals surface area contributed by atoms with Crippen molar-refractivity contribution in [3.63, 3.8) is 0 Å². The van der Waals surface area contributed by atoms with Crippen LogP contribution in [0, 0.1) is 17.2 Å². The van der Waals surface area contributed by atoms with E-state index in [1.165, 1.54) is 13.2 Å². The predicted molar refractivity (Wildman–Crippen MR) is 113 cm³/mol. The molecule has 0 spiro atoms. The number of carbonyl (C=O) groups is 3. The molecule has 7 heteroatoms. The Morgan fingerprint density at radius 3 is 2.61 bits per heavy atom. The third-order valence-corrected chi connectivity index (χ3v) is 4.85. The Morgan fingerprint density at radius 2 is 1.97 bits per heavy atom. The minimum atomic E-state index is -0.574. The number of methoxy groups -OCH3 is 1. The molecule has 3 rings (SSSR count). The molecule has 0 bridgehead atoms. The van der Waals surface area contributed by atoms with Gasteiger partial charge in [0.05, 0.1) is 12.7 Å². The van der Waals surface area contributed by atoms with Crippen molar-refractivity contribution in [1.82, 2.24) is 4.90 Å². The Kier molecular flexibility index (Phi) is 6.21. The normalized spacial score (nSPS) is 15.6. The third-order valence-electron chi connectivity index (χ3n) is 4.85. The van der Waals surface area contributed by atoms with Crippen molar-refractivity contribution in [2.24, 2.45) is 5.92 Å². The van der Waals surface area contributed by atoms with Gasteiger partial charge in [-0.3, -0.25) is 14.5 Å². The average Bonchev–Trinajstić information content (AvgIpc) is 3.23. The van der Waals surface area contributed by atoms with E-state index < -0.39 is 17.8 Å². The van der Waals surface area contributed by atoms with Gasteiger partial charge in [-0.2, -0.15) is 5.26 Å². The molecule has 2 amide bonds. The first-order valence-electron chi connectivity index (χ1n) is 9.74. The number of esters is 1. The Bertz CT molecular complexity index is 1160. The minimum absolute atomic E-state index is 0.0518. The van der Waals surface area contributed by atoms with Crippen LogP contribution in [0.2, 0.25) is 0 Å². The molecular formula is C24H22N2O5. The van der Waals surface area contributed by atoms with Crippen molar-refractivity contribution in [2.45, 2.75) is 20.8 Å². The van der Waals surface area contributed by atoms with E-state index >= 15 is 0 Å². The van der Waals surface area contributed by atoms with Crippen molar-refractivity contribution >= 4 is 23.9 Å². The van der Waals surface area contributed by atoms with Gasteiger partial charge in [0.25, 0.3) is 11.8 Å². The van der Waals surface area contributed by atoms with Gasteiger partial charge in [0.2, 0.25) is 0 Å². The van der Waals surface area contributed by atoms with Crippen LogP contribution in [0.4, 0.5) is 0 Å². The first kappa shape index (κ1) is 21.8. The number of furan rings is 1. The lowest BCUT2D eigenvalue weighted by atomic mass is 9.94. The molecule has 2 aromatic rings. The number of ether oxygens (including phenoxy) is 1. The van der Waals surface area contributed by atoms with Gasteiger partial charge >= 0.3 is 5.97 Å². The van der Waals surface area contributed by atoms with E-state index in [1.807, 2.05) is 19.9 Å². The zero-order chi connectivity index (χ0) is 22.7. The van der Waals surface area contributed by atoms with E-state index in [2.05, 4.69) is 0 Å². The van der Waals surface area contributed by atoms with Crippen LogP contribution in [0.25, 0.3) is 17.4 Å². The van der Waals surface area contributed by atoms with E-state index in [-0.39, 0.29) is 23.6 Å². The lowest BCUT2D eigenvalue weighted by molar-refractivity contribution is -0.141. The second kappa shape index (κ2) is 8.84. The third kappa shape index (κ3) is 4.33. The molecule has 1 aromatic carbocycles. The van der Waals surface area contributed by atoms with E-state index in [4.69, 9.17) is 9.15 Å². The molecule has 0 aliphatic carbocycles. The summed E-state index contributed by atoms with van der Waals surface area (Å²) in [6.45, 7) is 5.58. The number of rotatable bonds is 5. The van der Waals surface area contributed by atoms with Crippen molar-refractivity contribution in [1.29, 1.82) is 5.26 Å². The van der Waals surface area contributed by atoms with Crippen molar-refractivity contribution in [3.05, 3.63) is 64.4 Å². The molecule has 2 heterocycles. The largest absolute Gasteiger partial charge is 0.465 e. The van der Waals surface area contributed by atoms with Crippen molar-refractivity contribution < 1.29 is 23.5 Å². The first-order chi connectivity index (χ1) is 14.8. The Hall–Kier alpha value is -3.92. The maximum atomic E-state index is 13.0. The summed E-state index contributed by atoms with van der Waals surface area (Å²) < 4.78 is 10.6. The summed E-state index contributed by atoms with van der Waals surface area (Å²) >= 11 is 0. The van der Waals surface area contributed by atoms with Gasteiger partial charge < -0.3 is 9.15 Å². The zero-order valence-electron chi connectivity index (χ0n) is 17.8. The molecule has 1 aliphatic rings. The van der Waals surface area contributed by atoms with Crippen LogP contribution in [0.1, 0.15) is 36.9 Å².